The number of nitrogens with one attached hydrogen (secondary N) is 3. The molecule has 3 aliphatic rings. The van der Waals surface area contributed by atoms with Gasteiger partial charge in [0.1, 0.15) is 11.9 Å². The Morgan fingerprint density at radius 2 is 1.85 bits per heavy atom. The standard InChI is InChI=1S/C36H39N7O4/c1-22-13-24(14-28-21-38-41-31(22)28)16-30-34(45)43(3)9-8-42(2)10-12-47-11-4-5-23-15-29-32(37-20-23)40-35(46)36(29)18-26-7-6-25(33(44)39-30)17-27(26)19-36/h4-7,13-15,17,20-21,30H,8-12,16,18-19H2,1-3H3,(H,38,41)(H,39,44)(H,37,40,46)/b5-4+/t30-,36+/m1/s1. The second-order valence-corrected chi connectivity index (χ2v) is 13.1. The molecule has 7 rings (SSSR count). The Balaban J connectivity index is 1.21. The Bertz CT molecular complexity index is 1920. The number of aromatic nitrogens is 3. The van der Waals surface area contributed by atoms with Crippen LogP contribution in [0.4, 0.5) is 5.82 Å². The van der Waals surface area contributed by atoms with E-state index in [1.54, 1.807) is 30.4 Å². The number of fused-ring (bicyclic) bond motifs is 3. The van der Waals surface area contributed by atoms with E-state index in [0.29, 0.717) is 63.5 Å². The van der Waals surface area contributed by atoms with Crippen LogP contribution in [0.15, 0.2) is 54.9 Å². The van der Waals surface area contributed by atoms with Crippen LogP contribution in [0, 0.1) is 6.92 Å². The number of likely N-dealkylation sites (N-methyl/N-ethyl adjacent to an activating group) is 2. The third-order valence-electron chi connectivity index (χ3n) is 9.73. The predicted molar refractivity (Wildman–Crippen MR) is 179 cm³/mol. The minimum atomic E-state index is -0.786. The monoisotopic (exact) mass is 633 g/mol. The summed E-state index contributed by atoms with van der Waals surface area (Å²) in [5, 5.41) is 14.2. The molecule has 0 unspecified atom stereocenters. The lowest BCUT2D eigenvalue weighted by Crippen LogP contribution is -2.50. The van der Waals surface area contributed by atoms with Gasteiger partial charge in [0.25, 0.3) is 5.91 Å². The maximum absolute atomic E-state index is 13.9. The van der Waals surface area contributed by atoms with E-state index in [4.69, 9.17) is 4.74 Å². The summed E-state index contributed by atoms with van der Waals surface area (Å²) in [7, 11) is 3.78. The number of carbonyl (C=O) groups is 3. The number of hydrogen-bond acceptors (Lipinski definition) is 7. The van der Waals surface area contributed by atoms with Crippen molar-refractivity contribution in [2.24, 2.45) is 0 Å². The summed E-state index contributed by atoms with van der Waals surface area (Å²) in [6, 6.07) is 10.9. The predicted octanol–water partition coefficient (Wildman–Crippen LogP) is 3.03. The molecule has 2 atom stereocenters. The first-order valence-corrected chi connectivity index (χ1v) is 16.1. The van der Waals surface area contributed by atoms with Crippen LogP contribution in [0.5, 0.6) is 0 Å². The second kappa shape index (κ2) is 12.4. The maximum Gasteiger partial charge on any atom is 0.251 e. The lowest BCUT2D eigenvalue weighted by molar-refractivity contribution is -0.132. The van der Waals surface area contributed by atoms with Crippen LogP contribution in [0.1, 0.15) is 43.7 Å². The molecule has 2 aromatic carbocycles. The van der Waals surface area contributed by atoms with Crippen LogP contribution in [0.25, 0.3) is 17.0 Å². The topological polar surface area (TPSA) is 133 Å². The van der Waals surface area contributed by atoms with Gasteiger partial charge in [-0.25, -0.2) is 4.98 Å². The van der Waals surface area contributed by atoms with E-state index in [9.17, 15) is 14.4 Å². The zero-order valence-electron chi connectivity index (χ0n) is 26.9. The highest BCUT2D eigenvalue weighted by molar-refractivity contribution is 6.06. The fourth-order valence-electron chi connectivity index (χ4n) is 7.03. The summed E-state index contributed by atoms with van der Waals surface area (Å²) >= 11 is 0. The van der Waals surface area contributed by atoms with Crippen LogP contribution in [0.3, 0.4) is 0 Å². The molecule has 0 fully saturated rings. The number of amides is 3. The molecular formula is C36H39N7O4. The van der Waals surface area contributed by atoms with Crippen molar-refractivity contribution in [3.05, 3.63) is 93.8 Å². The molecule has 11 heteroatoms. The van der Waals surface area contributed by atoms with E-state index in [1.165, 1.54) is 0 Å². The number of benzene rings is 2. The van der Waals surface area contributed by atoms with Crippen molar-refractivity contribution >= 4 is 40.5 Å². The van der Waals surface area contributed by atoms with Crippen LogP contribution in [0.2, 0.25) is 0 Å². The maximum atomic E-state index is 13.9. The van der Waals surface area contributed by atoms with Crippen molar-refractivity contribution in [1.82, 2.24) is 30.3 Å². The van der Waals surface area contributed by atoms with E-state index in [2.05, 4.69) is 30.7 Å². The van der Waals surface area contributed by atoms with Gasteiger partial charge in [-0.15, -0.1) is 0 Å². The Hall–Kier alpha value is -4.87. The second-order valence-electron chi connectivity index (χ2n) is 13.1. The zero-order chi connectivity index (χ0) is 32.7. The summed E-state index contributed by atoms with van der Waals surface area (Å²) in [4.78, 5) is 49.6. The molecule has 47 heavy (non-hydrogen) atoms. The number of pyridine rings is 1. The Labute approximate surface area is 273 Å². The summed E-state index contributed by atoms with van der Waals surface area (Å²) in [5.74, 6) is 0.0102. The minimum absolute atomic E-state index is 0.0798. The van der Waals surface area contributed by atoms with Gasteiger partial charge in [0.15, 0.2) is 0 Å². The number of H-pyrrole nitrogens is 1. The molecule has 4 aromatic rings. The molecule has 5 bridgehead atoms. The largest absolute Gasteiger partial charge is 0.376 e. The van der Waals surface area contributed by atoms with Crippen LogP contribution >= 0.6 is 0 Å². The molecular weight excluding hydrogens is 594 g/mol. The number of anilines is 1. The minimum Gasteiger partial charge on any atom is -0.376 e. The average molecular weight is 634 g/mol. The van der Waals surface area contributed by atoms with Gasteiger partial charge in [0.05, 0.1) is 30.3 Å². The van der Waals surface area contributed by atoms with Gasteiger partial charge in [-0.05, 0) is 78.9 Å². The van der Waals surface area contributed by atoms with E-state index in [1.807, 2.05) is 56.5 Å². The molecule has 0 radical (unpaired) electrons. The fourth-order valence-corrected chi connectivity index (χ4v) is 7.03. The number of nitrogens with zero attached hydrogens (tertiary/aromatic N) is 4. The molecule has 3 N–H and O–H groups in total. The van der Waals surface area contributed by atoms with E-state index < -0.39 is 11.5 Å². The first-order chi connectivity index (χ1) is 22.7. The van der Waals surface area contributed by atoms with Gasteiger partial charge in [-0.3, -0.25) is 19.5 Å². The number of rotatable bonds is 2. The van der Waals surface area contributed by atoms with Gasteiger partial charge in [0, 0.05) is 55.8 Å². The lowest BCUT2D eigenvalue weighted by atomic mass is 9.79. The first kappa shape index (κ1) is 30.8. The Kier molecular flexibility index (Phi) is 8.11. The van der Waals surface area contributed by atoms with Gasteiger partial charge in [-0.1, -0.05) is 24.3 Å². The van der Waals surface area contributed by atoms with Gasteiger partial charge >= 0.3 is 0 Å². The number of carbonyl (C=O) groups excluding carboxylic acids is 3. The average Bonchev–Trinajstić information content (AvgIpc) is 3.76. The van der Waals surface area contributed by atoms with Crippen LogP contribution < -0.4 is 10.6 Å². The van der Waals surface area contributed by atoms with Crippen molar-refractivity contribution < 1.29 is 19.1 Å². The molecule has 4 heterocycles. The number of hydrogen-bond donors (Lipinski definition) is 3. The summed E-state index contributed by atoms with van der Waals surface area (Å²) in [6.45, 7) is 4.84. The lowest BCUT2D eigenvalue weighted by Gasteiger charge is -2.27. The molecule has 3 amide bonds. The normalized spacial score (nSPS) is 23.0. The van der Waals surface area contributed by atoms with Crippen molar-refractivity contribution in [2.45, 2.75) is 37.6 Å². The fraction of sp³-hybridized carbons (Fsp3) is 0.361. The van der Waals surface area contributed by atoms with Crippen molar-refractivity contribution in [2.75, 3.05) is 52.3 Å². The molecule has 1 aliphatic carbocycles. The van der Waals surface area contributed by atoms with E-state index in [0.717, 1.165) is 44.3 Å². The molecule has 0 saturated heterocycles. The van der Waals surface area contributed by atoms with Gasteiger partial charge in [-0.2, -0.15) is 5.10 Å². The summed E-state index contributed by atoms with van der Waals surface area (Å²) in [5.41, 5.74) is 6.32. The highest BCUT2D eigenvalue weighted by atomic mass is 16.5. The first-order valence-electron chi connectivity index (χ1n) is 16.1. The van der Waals surface area contributed by atoms with Crippen LogP contribution in [-0.4, -0.2) is 95.7 Å². The zero-order valence-corrected chi connectivity index (χ0v) is 26.9. The Morgan fingerprint density at radius 3 is 2.72 bits per heavy atom. The third kappa shape index (κ3) is 5.92. The molecule has 0 saturated carbocycles. The summed E-state index contributed by atoms with van der Waals surface area (Å²) in [6.07, 6.45) is 8.76. The molecule has 1 spiro atoms. The summed E-state index contributed by atoms with van der Waals surface area (Å²) < 4.78 is 5.85. The molecule has 2 aromatic heterocycles. The third-order valence-corrected chi connectivity index (χ3v) is 9.73. The van der Waals surface area contributed by atoms with Crippen molar-refractivity contribution in [3.63, 3.8) is 0 Å². The highest BCUT2D eigenvalue weighted by Crippen LogP contribution is 2.47. The highest BCUT2D eigenvalue weighted by Gasteiger charge is 2.51. The smallest absolute Gasteiger partial charge is 0.251 e. The number of aromatic amines is 1. The van der Waals surface area contributed by atoms with E-state index in [-0.39, 0.29) is 17.7 Å². The molecule has 2 aliphatic heterocycles. The number of ether oxygens (including phenoxy) is 1. The quantitative estimate of drug-likeness (QED) is 0.309. The molecule has 242 valence electrons. The van der Waals surface area contributed by atoms with Gasteiger partial charge < -0.3 is 25.2 Å². The SMILES string of the molecule is Cc1cc(C[C@H]2NC(=O)c3ccc4c(c3)C[C@]3(C4)C(=O)Nc4ncc(cc43)/C=C/COCCN(C)CCN(C)C2=O)cc2cn[nH]c12. The number of aryl methyl sites for hydroxylation is 1. The Morgan fingerprint density at radius 1 is 1.00 bits per heavy atom. The van der Waals surface area contributed by atoms with Crippen LogP contribution in [-0.2, 0) is 39.0 Å². The van der Waals surface area contributed by atoms with Crippen molar-refractivity contribution in [3.8, 4) is 0 Å². The van der Waals surface area contributed by atoms with E-state index >= 15 is 0 Å². The molecule has 11 nitrogen and oxygen atoms in total. The van der Waals surface area contributed by atoms with Crippen molar-refractivity contribution in [1.29, 1.82) is 0 Å². The van der Waals surface area contributed by atoms with Gasteiger partial charge in [0.2, 0.25) is 11.8 Å².